The van der Waals surface area contributed by atoms with E-state index in [1.165, 1.54) is 0 Å². The lowest BCUT2D eigenvalue weighted by Crippen LogP contribution is -2.62. The number of hydrogen-bond acceptors (Lipinski definition) is 3. The first-order valence-electron chi connectivity index (χ1n) is 6.44. The number of aliphatic carboxylic acids is 1. The molecule has 2 atom stereocenters. The van der Waals surface area contributed by atoms with Crippen LogP contribution in [0.1, 0.15) is 46.5 Å². The molecule has 0 aromatic rings. The highest BCUT2D eigenvalue weighted by Crippen LogP contribution is 2.44. The second kappa shape index (κ2) is 5.36. The third kappa shape index (κ3) is 2.99. The molecule has 2 unspecified atom stereocenters. The van der Waals surface area contributed by atoms with Gasteiger partial charge in [0.1, 0.15) is 5.54 Å². The Morgan fingerprint density at radius 1 is 1.41 bits per heavy atom. The number of carbonyl (C=O) groups is 1. The van der Waals surface area contributed by atoms with Gasteiger partial charge in [-0.3, -0.25) is 10.1 Å². The lowest BCUT2D eigenvalue weighted by Gasteiger charge is -2.47. The Labute approximate surface area is 103 Å². The normalized spacial score (nSPS) is 30.2. The molecule has 0 aromatic carbocycles. The van der Waals surface area contributed by atoms with Gasteiger partial charge in [-0.2, -0.15) is 0 Å². The van der Waals surface area contributed by atoms with Crippen molar-refractivity contribution in [2.24, 2.45) is 11.3 Å². The Morgan fingerprint density at radius 3 is 2.53 bits per heavy atom. The Bertz CT molecular complexity index is 272. The number of rotatable bonds is 4. The summed E-state index contributed by atoms with van der Waals surface area (Å²) in [5.74, 6) is -0.668. The molecular formula is C13H25NO3. The second-order valence-electron chi connectivity index (χ2n) is 6.09. The van der Waals surface area contributed by atoms with Crippen LogP contribution >= 0.6 is 0 Å². The van der Waals surface area contributed by atoms with Crippen molar-refractivity contribution in [3.05, 3.63) is 0 Å². The fourth-order valence-electron chi connectivity index (χ4n) is 3.17. The van der Waals surface area contributed by atoms with Crippen LogP contribution in [-0.2, 0) is 4.79 Å². The predicted molar refractivity (Wildman–Crippen MR) is 66.9 cm³/mol. The SMILES string of the molecule is CC(C)(C)C1CCCCC1(NCCO)C(=O)O. The fourth-order valence-corrected chi connectivity index (χ4v) is 3.17. The van der Waals surface area contributed by atoms with Crippen molar-refractivity contribution in [3.8, 4) is 0 Å². The summed E-state index contributed by atoms with van der Waals surface area (Å²) in [4.78, 5) is 11.7. The molecule has 4 nitrogen and oxygen atoms in total. The molecule has 0 amide bonds. The van der Waals surface area contributed by atoms with Crippen LogP contribution in [0.25, 0.3) is 0 Å². The largest absolute Gasteiger partial charge is 0.480 e. The molecule has 0 heterocycles. The fraction of sp³-hybridized carbons (Fsp3) is 0.923. The minimum absolute atomic E-state index is 0.0219. The average Bonchev–Trinajstić information content (AvgIpc) is 2.25. The topological polar surface area (TPSA) is 69.6 Å². The van der Waals surface area contributed by atoms with E-state index in [1.54, 1.807) is 0 Å². The maximum Gasteiger partial charge on any atom is 0.324 e. The molecule has 3 N–H and O–H groups in total. The van der Waals surface area contributed by atoms with Gasteiger partial charge in [0.2, 0.25) is 0 Å². The molecule has 0 radical (unpaired) electrons. The Kier molecular flexibility index (Phi) is 4.55. The monoisotopic (exact) mass is 243 g/mol. The number of aliphatic hydroxyl groups excluding tert-OH is 1. The van der Waals surface area contributed by atoms with Gasteiger partial charge in [0.25, 0.3) is 0 Å². The van der Waals surface area contributed by atoms with Gasteiger partial charge in [0.15, 0.2) is 0 Å². The van der Waals surface area contributed by atoms with Crippen LogP contribution in [0.5, 0.6) is 0 Å². The van der Waals surface area contributed by atoms with Crippen LogP contribution in [0.2, 0.25) is 0 Å². The minimum Gasteiger partial charge on any atom is -0.480 e. The van der Waals surface area contributed by atoms with E-state index < -0.39 is 11.5 Å². The van der Waals surface area contributed by atoms with Gasteiger partial charge in [0.05, 0.1) is 6.61 Å². The first kappa shape index (κ1) is 14.5. The third-order valence-corrected chi connectivity index (χ3v) is 3.89. The second-order valence-corrected chi connectivity index (χ2v) is 6.09. The van der Waals surface area contributed by atoms with Crippen molar-refractivity contribution in [1.82, 2.24) is 5.32 Å². The highest BCUT2D eigenvalue weighted by atomic mass is 16.4. The standard InChI is InChI=1S/C13H25NO3/c1-12(2,3)10-6-4-5-7-13(10,11(16)17)14-8-9-15/h10,14-15H,4-9H2,1-3H3,(H,16,17). The molecule has 1 fully saturated rings. The molecule has 0 spiro atoms. The Morgan fingerprint density at radius 2 is 2.06 bits per heavy atom. The van der Waals surface area contributed by atoms with Crippen LogP contribution in [-0.4, -0.2) is 34.9 Å². The molecule has 100 valence electrons. The zero-order chi connectivity index (χ0) is 13.1. The number of nitrogens with one attached hydrogen (secondary N) is 1. The highest BCUT2D eigenvalue weighted by Gasteiger charge is 2.51. The summed E-state index contributed by atoms with van der Waals surface area (Å²) in [6.07, 6.45) is 3.63. The molecule has 4 heteroatoms. The van der Waals surface area contributed by atoms with E-state index >= 15 is 0 Å². The first-order chi connectivity index (χ1) is 7.84. The van der Waals surface area contributed by atoms with Gasteiger partial charge in [-0.1, -0.05) is 33.6 Å². The quantitative estimate of drug-likeness (QED) is 0.702. The zero-order valence-corrected chi connectivity index (χ0v) is 11.1. The van der Waals surface area contributed by atoms with Crippen LogP contribution in [0.15, 0.2) is 0 Å². The maximum absolute atomic E-state index is 11.7. The van der Waals surface area contributed by atoms with Crippen molar-refractivity contribution in [2.45, 2.75) is 52.0 Å². The van der Waals surface area contributed by atoms with Crippen LogP contribution < -0.4 is 5.32 Å². The van der Waals surface area contributed by atoms with E-state index in [1.807, 2.05) is 0 Å². The summed E-state index contributed by atoms with van der Waals surface area (Å²) < 4.78 is 0. The van der Waals surface area contributed by atoms with Crippen molar-refractivity contribution < 1.29 is 15.0 Å². The van der Waals surface area contributed by atoms with E-state index in [-0.39, 0.29) is 17.9 Å². The minimum atomic E-state index is -0.862. The van der Waals surface area contributed by atoms with Crippen LogP contribution in [0.3, 0.4) is 0 Å². The van der Waals surface area contributed by atoms with E-state index in [0.717, 1.165) is 19.3 Å². The number of aliphatic hydroxyl groups is 1. The van der Waals surface area contributed by atoms with Crippen LogP contribution in [0.4, 0.5) is 0 Å². The van der Waals surface area contributed by atoms with Gasteiger partial charge in [-0.05, 0) is 24.2 Å². The molecule has 1 rings (SSSR count). The molecule has 17 heavy (non-hydrogen) atoms. The molecule has 0 saturated heterocycles. The van der Waals surface area contributed by atoms with Gasteiger partial charge in [-0.25, -0.2) is 0 Å². The zero-order valence-electron chi connectivity index (χ0n) is 11.1. The molecule has 0 bridgehead atoms. The van der Waals surface area contributed by atoms with E-state index in [9.17, 15) is 9.90 Å². The summed E-state index contributed by atoms with van der Waals surface area (Å²) in [6.45, 7) is 6.62. The van der Waals surface area contributed by atoms with Crippen molar-refractivity contribution in [3.63, 3.8) is 0 Å². The average molecular weight is 243 g/mol. The van der Waals surface area contributed by atoms with Crippen molar-refractivity contribution in [1.29, 1.82) is 0 Å². The molecule has 1 aliphatic rings. The first-order valence-corrected chi connectivity index (χ1v) is 6.44. The van der Waals surface area contributed by atoms with Gasteiger partial charge in [-0.15, -0.1) is 0 Å². The summed E-state index contributed by atoms with van der Waals surface area (Å²) in [5, 5.41) is 21.6. The van der Waals surface area contributed by atoms with Gasteiger partial charge < -0.3 is 10.2 Å². The predicted octanol–water partition coefficient (Wildman–Crippen LogP) is 1.63. The Balaban J connectivity index is 3.00. The number of carboxylic acids is 1. The van der Waals surface area contributed by atoms with Gasteiger partial charge in [0, 0.05) is 6.54 Å². The van der Waals surface area contributed by atoms with E-state index in [2.05, 4.69) is 26.1 Å². The molecule has 1 aliphatic carbocycles. The number of hydrogen-bond donors (Lipinski definition) is 3. The summed E-state index contributed by atoms with van der Waals surface area (Å²) in [7, 11) is 0. The summed E-state index contributed by atoms with van der Waals surface area (Å²) in [5.41, 5.74) is -0.902. The van der Waals surface area contributed by atoms with Crippen LogP contribution in [0, 0.1) is 11.3 Å². The summed E-state index contributed by atoms with van der Waals surface area (Å²) in [6, 6.07) is 0. The van der Waals surface area contributed by atoms with E-state index in [4.69, 9.17) is 5.11 Å². The molecule has 1 saturated carbocycles. The van der Waals surface area contributed by atoms with E-state index in [0.29, 0.717) is 13.0 Å². The maximum atomic E-state index is 11.7. The Hall–Kier alpha value is -0.610. The lowest BCUT2D eigenvalue weighted by molar-refractivity contribution is -0.152. The number of carboxylic acid groups (broad SMARTS) is 1. The number of β-amino-alcohol motifs (C(OH)–C–C–N with tert-alkyl or cyclic N) is 1. The third-order valence-electron chi connectivity index (χ3n) is 3.89. The lowest BCUT2D eigenvalue weighted by atomic mass is 9.62. The highest BCUT2D eigenvalue weighted by molar-refractivity contribution is 5.79. The molecular weight excluding hydrogens is 218 g/mol. The smallest absolute Gasteiger partial charge is 0.324 e. The van der Waals surface area contributed by atoms with Crippen molar-refractivity contribution >= 4 is 5.97 Å². The summed E-state index contributed by atoms with van der Waals surface area (Å²) >= 11 is 0. The van der Waals surface area contributed by atoms with Gasteiger partial charge >= 0.3 is 5.97 Å². The molecule has 0 aromatic heterocycles. The molecule has 0 aliphatic heterocycles. The van der Waals surface area contributed by atoms with Crippen molar-refractivity contribution in [2.75, 3.05) is 13.2 Å².